The Morgan fingerprint density at radius 2 is 1.62 bits per heavy atom. The zero-order chi connectivity index (χ0) is 20.4. The van der Waals surface area contributed by atoms with E-state index in [2.05, 4.69) is 20.3 Å². The molecule has 9 heteroatoms. The van der Waals surface area contributed by atoms with Crippen LogP contribution in [-0.2, 0) is 18.5 Å². The molecule has 2 aromatic carbocycles. The molecule has 148 valence electrons. The highest BCUT2D eigenvalue weighted by molar-refractivity contribution is 7.98. The fourth-order valence-corrected chi connectivity index (χ4v) is 3.68. The number of fused-ring (bicyclic) bond motifs is 1. The molecule has 0 amide bonds. The van der Waals surface area contributed by atoms with Gasteiger partial charge in [-0.05, 0) is 30.2 Å². The van der Waals surface area contributed by atoms with E-state index in [-0.39, 0.29) is 0 Å². The highest BCUT2D eigenvalue weighted by Crippen LogP contribution is 2.31. The summed E-state index contributed by atoms with van der Waals surface area (Å²) >= 11 is 1.39. The lowest BCUT2D eigenvalue weighted by atomic mass is 10.1. The Morgan fingerprint density at radius 1 is 0.931 bits per heavy atom. The van der Waals surface area contributed by atoms with Crippen molar-refractivity contribution in [1.82, 2.24) is 25.0 Å². The number of hydrogen-bond donors (Lipinski definition) is 0. The van der Waals surface area contributed by atoms with Crippen molar-refractivity contribution in [2.75, 3.05) is 0 Å². The zero-order valence-electron chi connectivity index (χ0n) is 15.4. The van der Waals surface area contributed by atoms with Crippen LogP contribution in [0.15, 0.2) is 59.9 Å². The summed E-state index contributed by atoms with van der Waals surface area (Å²) in [6, 6.07) is 13.3. The third-order valence-corrected chi connectivity index (χ3v) is 5.43. The van der Waals surface area contributed by atoms with Gasteiger partial charge in [-0.2, -0.15) is 13.2 Å². The first kappa shape index (κ1) is 19.4. The molecule has 4 aromatic rings. The molecule has 0 aliphatic rings. The fourth-order valence-electron chi connectivity index (χ4n) is 2.79. The van der Waals surface area contributed by atoms with Gasteiger partial charge < -0.3 is 0 Å². The van der Waals surface area contributed by atoms with Crippen LogP contribution in [0.4, 0.5) is 13.2 Å². The first-order valence-corrected chi connectivity index (χ1v) is 9.77. The Labute approximate surface area is 169 Å². The van der Waals surface area contributed by atoms with Gasteiger partial charge in [0.25, 0.3) is 0 Å². The molecule has 0 unspecified atom stereocenters. The van der Waals surface area contributed by atoms with Gasteiger partial charge in [-0.15, -0.1) is 5.10 Å². The Balaban J connectivity index is 1.51. The first-order chi connectivity index (χ1) is 13.9. The predicted molar refractivity (Wildman–Crippen MR) is 104 cm³/mol. The van der Waals surface area contributed by atoms with Gasteiger partial charge in [0.15, 0.2) is 11.2 Å². The van der Waals surface area contributed by atoms with E-state index in [1.807, 2.05) is 31.2 Å². The van der Waals surface area contributed by atoms with Crippen molar-refractivity contribution in [3.63, 3.8) is 0 Å². The van der Waals surface area contributed by atoms with Crippen molar-refractivity contribution in [1.29, 1.82) is 0 Å². The summed E-state index contributed by atoms with van der Waals surface area (Å²) in [5.41, 5.74) is 3.57. The summed E-state index contributed by atoms with van der Waals surface area (Å²) in [4.78, 5) is 8.56. The molecule has 0 bridgehead atoms. The second-order valence-corrected chi connectivity index (χ2v) is 7.53. The fraction of sp³-hybridized carbons (Fsp3) is 0.200. The van der Waals surface area contributed by atoms with Crippen molar-refractivity contribution in [3.8, 4) is 0 Å². The number of nitrogens with zero attached hydrogens (tertiary/aromatic N) is 5. The van der Waals surface area contributed by atoms with Crippen LogP contribution >= 0.6 is 11.8 Å². The maximum atomic E-state index is 12.7. The quantitative estimate of drug-likeness (QED) is 0.343. The SMILES string of the molecule is Cc1ccc(Cn2nnc3c(SCc4ccc(C(F)(F)F)cc4)ncnc32)cc1. The molecule has 4 rings (SSSR count). The van der Waals surface area contributed by atoms with E-state index in [4.69, 9.17) is 0 Å². The van der Waals surface area contributed by atoms with Crippen LogP contribution in [0.3, 0.4) is 0 Å². The number of alkyl halides is 3. The molecule has 0 saturated heterocycles. The van der Waals surface area contributed by atoms with E-state index in [0.717, 1.165) is 23.3 Å². The molecule has 2 aromatic heterocycles. The van der Waals surface area contributed by atoms with E-state index < -0.39 is 11.7 Å². The smallest absolute Gasteiger partial charge is 0.227 e. The largest absolute Gasteiger partial charge is 0.416 e. The molecule has 29 heavy (non-hydrogen) atoms. The Morgan fingerprint density at radius 3 is 2.31 bits per heavy atom. The van der Waals surface area contributed by atoms with E-state index in [0.29, 0.717) is 28.5 Å². The summed E-state index contributed by atoms with van der Waals surface area (Å²) < 4.78 is 39.8. The van der Waals surface area contributed by atoms with E-state index >= 15 is 0 Å². The molecule has 0 spiro atoms. The number of halogens is 3. The highest BCUT2D eigenvalue weighted by atomic mass is 32.2. The van der Waals surface area contributed by atoms with Crippen molar-refractivity contribution >= 4 is 22.9 Å². The molecule has 0 radical (unpaired) electrons. The molecule has 0 N–H and O–H groups in total. The molecule has 0 aliphatic carbocycles. The van der Waals surface area contributed by atoms with Crippen molar-refractivity contribution in [3.05, 3.63) is 77.1 Å². The minimum atomic E-state index is -4.33. The molecule has 0 aliphatic heterocycles. The monoisotopic (exact) mass is 415 g/mol. The maximum absolute atomic E-state index is 12.7. The summed E-state index contributed by atoms with van der Waals surface area (Å²) in [7, 11) is 0. The molecule has 0 saturated carbocycles. The van der Waals surface area contributed by atoms with Crippen LogP contribution < -0.4 is 0 Å². The summed E-state index contributed by atoms with van der Waals surface area (Å²) in [6.45, 7) is 2.57. The summed E-state index contributed by atoms with van der Waals surface area (Å²) in [5.74, 6) is 0.467. The van der Waals surface area contributed by atoms with Gasteiger partial charge in [-0.1, -0.05) is 58.9 Å². The minimum Gasteiger partial charge on any atom is -0.227 e. The second-order valence-electron chi connectivity index (χ2n) is 6.57. The zero-order valence-corrected chi connectivity index (χ0v) is 16.2. The number of rotatable bonds is 5. The van der Waals surface area contributed by atoms with Crippen LogP contribution in [-0.4, -0.2) is 25.0 Å². The third-order valence-electron chi connectivity index (χ3n) is 4.38. The standard InChI is InChI=1S/C20H16F3N5S/c1-13-2-4-14(5-3-13)10-28-18-17(26-27-28)19(25-12-24-18)29-11-15-6-8-16(9-7-15)20(21,22)23/h2-9,12H,10-11H2,1H3. The van der Waals surface area contributed by atoms with Crippen LogP contribution in [0.2, 0.25) is 0 Å². The Bertz CT molecular complexity index is 1120. The Kier molecular flexibility index (Phi) is 5.23. The van der Waals surface area contributed by atoms with Gasteiger partial charge in [0.05, 0.1) is 12.1 Å². The minimum absolute atomic E-state index is 0.467. The van der Waals surface area contributed by atoms with E-state index in [1.54, 1.807) is 4.68 Å². The molecular weight excluding hydrogens is 399 g/mol. The topological polar surface area (TPSA) is 56.5 Å². The molecule has 5 nitrogen and oxygen atoms in total. The average Bonchev–Trinajstić information content (AvgIpc) is 3.11. The average molecular weight is 415 g/mol. The van der Waals surface area contributed by atoms with Crippen LogP contribution in [0.1, 0.15) is 22.3 Å². The number of benzene rings is 2. The Hall–Kier alpha value is -2.94. The lowest BCUT2D eigenvalue weighted by molar-refractivity contribution is -0.137. The summed E-state index contributed by atoms with van der Waals surface area (Å²) in [5, 5.41) is 9.05. The van der Waals surface area contributed by atoms with Gasteiger partial charge >= 0.3 is 6.18 Å². The molecule has 0 atom stereocenters. The van der Waals surface area contributed by atoms with Gasteiger partial charge in [-0.3, -0.25) is 0 Å². The van der Waals surface area contributed by atoms with Crippen molar-refractivity contribution in [2.24, 2.45) is 0 Å². The van der Waals surface area contributed by atoms with E-state index in [1.165, 1.54) is 35.8 Å². The van der Waals surface area contributed by atoms with Crippen LogP contribution in [0.5, 0.6) is 0 Å². The summed E-state index contributed by atoms with van der Waals surface area (Å²) in [6.07, 6.45) is -2.88. The van der Waals surface area contributed by atoms with Gasteiger partial charge in [0.2, 0.25) is 0 Å². The second kappa shape index (κ2) is 7.82. The number of thioether (sulfide) groups is 1. The third kappa shape index (κ3) is 4.40. The van der Waals surface area contributed by atoms with Gasteiger partial charge in [0.1, 0.15) is 11.4 Å². The maximum Gasteiger partial charge on any atom is 0.416 e. The van der Waals surface area contributed by atoms with Crippen LogP contribution in [0, 0.1) is 6.92 Å². The number of aromatic nitrogens is 5. The van der Waals surface area contributed by atoms with Gasteiger partial charge in [-0.25, -0.2) is 14.6 Å². The number of hydrogen-bond acceptors (Lipinski definition) is 5. The van der Waals surface area contributed by atoms with Gasteiger partial charge in [0, 0.05) is 5.75 Å². The first-order valence-electron chi connectivity index (χ1n) is 8.79. The van der Waals surface area contributed by atoms with Crippen molar-refractivity contribution in [2.45, 2.75) is 30.4 Å². The van der Waals surface area contributed by atoms with Crippen molar-refractivity contribution < 1.29 is 13.2 Å². The molecular formula is C20H16F3N5S. The normalized spacial score (nSPS) is 11.9. The molecule has 2 heterocycles. The van der Waals surface area contributed by atoms with E-state index in [9.17, 15) is 13.2 Å². The highest BCUT2D eigenvalue weighted by Gasteiger charge is 2.29. The molecule has 0 fully saturated rings. The lowest BCUT2D eigenvalue weighted by Gasteiger charge is -2.07. The number of aryl methyl sites for hydroxylation is 1. The van der Waals surface area contributed by atoms with Crippen LogP contribution in [0.25, 0.3) is 11.2 Å². The lowest BCUT2D eigenvalue weighted by Crippen LogP contribution is -2.04. The predicted octanol–water partition coefficient (Wildman–Crippen LogP) is 4.89.